The number of hydrogen-bond donors (Lipinski definition) is 2. The molecule has 168 valence electrons. The van der Waals surface area contributed by atoms with Crippen molar-refractivity contribution in [2.24, 2.45) is 0 Å². The Labute approximate surface area is 183 Å². The minimum atomic E-state index is -5.23. The molecule has 0 aliphatic heterocycles. The summed E-state index contributed by atoms with van der Waals surface area (Å²) >= 11 is 0. The Morgan fingerprint density at radius 2 is 1.91 bits per heavy atom. The molecule has 1 aromatic carbocycles. The van der Waals surface area contributed by atoms with Crippen molar-refractivity contribution in [1.29, 1.82) is 0 Å². The van der Waals surface area contributed by atoms with Crippen molar-refractivity contribution in [2.75, 3.05) is 5.32 Å². The first-order chi connectivity index (χ1) is 15.8. The van der Waals surface area contributed by atoms with E-state index < -0.39 is 18.1 Å². The summed E-state index contributed by atoms with van der Waals surface area (Å²) in [4.78, 5) is 39.2. The number of amides is 1. The molecule has 0 saturated carbocycles. The number of benzene rings is 1. The third-order valence-electron chi connectivity index (χ3n) is 4.30. The lowest BCUT2D eigenvalue weighted by Gasteiger charge is -2.07. The monoisotopic (exact) mass is 457 g/mol. The molecule has 0 atom stereocenters. The van der Waals surface area contributed by atoms with Gasteiger partial charge in [0.05, 0.1) is 17.8 Å². The lowest BCUT2D eigenvalue weighted by molar-refractivity contribution is -0.204. The van der Waals surface area contributed by atoms with E-state index in [0.29, 0.717) is 23.5 Å². The summed E-state index contributed by atoms with van der Waals surface area (Å²) in [7, 11) is 0. The zero-order valence-corrected chi connectivity index (χ0v) is 16.6. The van der Waals surface area contributed by atoms with E-state index in [4.69, 9.17) is 4.42 Å². The Kier molecular flexibility index (Phi) is 5.89. The van der Waals surface area contributed by atoms with Crippen LogP contribution in [0.1, 0.15) is 16.1 Å². The Morgan fingerprint density at radius 3 is 2.61 bits per heavy atom. The molecule has 0 spiro atoms. The van der Waals surface area contributed by atoms with E-state index in [2.05, 4.69) is 25.1 Å². The summed E-state index contributed by atoms with van der Waals surface area (Å²) < 4.78 is 42.1. The largest absolute Gasteiger partial charge is 0.493 e. The third-order valence-corrected chi connectivity index (χ3v) is 4.30. The summed E-state index contributed by atoms with van der Waals surface area (Å²) in [5, 5.41) is 3.14. The number of anilines is 1. The van der Waals surface area contributed by atoms with Gasteiger partial charge in [0.15, 0.2) is 5.58 Å². The van der Waals surface area contributed by atoms with Gasteiger partial charge in [-0.3, -0.25) is 9.78 Å². The number of fused-ring (bicyclic) bond motifs is 1. The van der Waals surface area contributed by atoms with Crippen molar-refractivity contribution in [1.82, 2.24) is 20.4 Å². The van der Waals surface area contributed by atoms with E-state index in [-0.39, 0.29) is 17.0 Å². The highest BCUT2D eigenvalue weighted by Gasteiger charge is 2.42. The van der Waals surface area contributed by atoms with Crippen LogP contribution >= 0.6 is 0 Å². The second-order valence-corrected chi connectivity index (χ2v) is 6.63. The van der Waals surface area contributed by atoms with Gasteiger partial charge in [0.1, 0.15) is 11.3 Å². The number of alkyl halides is 3. The van der Waals surface area contributed by atoms with E-state index in [1.165, 1.54) is 23.7 Å². The van der Waals surface area contributed by atoms with Gasteiger partial charge in [-0.25, -0.2) is 14.8 Å². The van der Waals surface area contributed by atoms with Crippen molar-refractivity contribution in [3.63, 3.8) is 0 Å². The molecular weight excluding hydrogens is 443 g/mol. The fourth-order valence-corrected chi connectivity index (χ4v) is 2.71. The summed E-state index contributed by atoms with van der Waals surface area (Å²) in [6, 6.07) is 13.1. The molecule has 0 radical (unpaired) electrons. The Morgan fingerprint density at radius 1 is 1.06 bits per heavy atom. The predicted octanol–water partition coefficient (Wildman–Crippen LogP) is 3.65. The maximum absolute atomic E-state index is 12.2. The van der Waals surface area contributed by atoms with Crippen LogP contribution in [0, 0.1) is 0 Å². The van der Waals surface area contributed by atoms with Crippen molar-refractivity contribution in [2.45, 2.75) is 12.7 Å². The molecule has 0 aliphatic carbocycles. The molecule has 2 N–H and O–H groups in total. The number of hydrogen-bond acceptors (Lipinski definition) is 8. The molecule has 9 nitrogen and oxygen atoms in total. The van der Waals surface area contributed by atoms with Crippen molar-refractivity contribution < 1.29 is 32.0 Å². The second kappa shape index (κ2) is 8.94. The standard InChI is InChI=1S/C21H14F3N5O4/c22-21(23,24)20(31)33-29-18(30)12-4-6-16-15(9-12)28-19(32-16)13-5-7-17(26-10-13)27-11-14-3-1-2-8-25-14/h1-10H,11H2,(H,26,27)(H,29,30). The molecule has 3 heterocycles. The number of pyridine rings is 2. The van der Waals surface area contributed by atoms with Crippen LogP contribution in [0.3, 0.4) is 0 Å². The summed E-state index contributed by atoms with van der Waals surface area (Å²) in [6.07, 6.45) is -1.98. The smallest absolute Gasteiger partial charge is 0.436 e. The molecule has 0 saturated heterocycles. The second-order valence-electron chi connectivity index (χ2n) is 6.63. The highest BCUT2D eigenvalue weighted by Crippen LogP contribution is 2.25. The summed E-state index contributed by atoms with van der Waals surface area (Å²) in [5.41, 5.74) is 3.41. The van der Waals surface area contributed by atoms with Crippen LogP contribution in [0.4, 0.5) is 19.0 Å². The Hall–Kier alpha value is -4.48. The molecular formula is C21H14F3N5O4. The highest BCUT2D eigenvalue weighted by atomic mass is 19.4. The maximum Gasteiger partial charge on any atom is 0.493 e. The quantitative estimate of drug-likeness (QED) is 0.436. The van der Waals surface area contributed by atoms with Gasteiger partial charge in [-0.2, -0.15) is 18.7 Å². The maximum atomic E-state index is 12.2. The highest BCUT2D eigenvalue weighted by molar-refractivity contribution is 5.97. The number of oxazole rings is 1. The van der Waals surface area contributed by atoms with Gasteiger partial charge >= 0.3 is 12.1 Å². The van der Waals surface area contributed by atoms with Crippen LogP contribution in [0.2, 0.25) is 0 Å². The number of rotatable bonds is 5. The van der Waals surface area contributed by atoms with Gasteiger partial charge in [0.25, 0.3) is 5.91 Å². The van der Waals surface area contributed by atoms with Gasteiger partial charge in [0.2, 0.25) is 5.89 Å². The molecule has 0 unspecified atom stereocenters. The van der Waals surface area contributed by atoms with Crippen LogP contribution in [0.25, 0.3) is 22.6 Å². The molecule has 12 heteroatoms. The van der Waals surface area contributed by atoms with Crippen LogP contribution in [0.5, 0.6) is 0 Å². The van der Waals surface area contributed by atoms with Crippen molar-refractivity contribution >= 4 is 28.8 Å². The first kappa shape index (κ1) is 21.7. The molecule has 0 fully saturated rings. The number of nitrogens with one attached hydrogen (secondary N) is 2. The first-order valence-corrected chi connectivity index (χ1v) is 9.39. The van der Waals surface area contributed by atoms with Crippen molar-refractivity contribution in [3.05, 3.63) is 72.2 Å². The minimum Gasteiger partial charge on any atom is -0.436 e. The number of carbonyl (C=O) groups is 2. The molecule has 3 aromatic heterocycles. The Bertz CT molecular complexity index is 1290. The van der Waals surface area contributed by atoms with Gasteiger partial charge in [-0.05, 0) is 42.5 Å². The van der Waals surface area contributed by atoms with E-state index >= 15 is 0 Å². The fraction of sp³-hybridized carbons (Fsp3) is 0.0952. The van der Waals surface area contributed by atoms with Gasteiger partial charge in [0, 0.05) is 18.0 Å². The average molecular weight is 457 g/mol. The first-order valence-electron chi connectivity index (χ1n) is 9.39. The Balaban J connectivity index is 1.43. The van der Waals surface area contributed by atoms with Crippen LogP contribution in [-0.2, 0) is 16.2 Å². The number of nitrogens with zero attached hydrogens (tertiary/aromatic N) is 3. The van der Waals surface area contributed by atoms with Crippen molar-refractivity contribution in [3.8, 4) is 11.5 Å². The lowest BCUT2D eigenvalue weighted by Crippen LogP contribution is -2.34. The third kappa shape index (κ3) is 5.23. The van der Waals surface area contributed by atoms with E-state index in [1.807, 2.05) is 18.2 Å². The van der Waals surface area contributed by atoms with Crippen LogP contribution in [-0.4, -0.2) is 33.0 Å². The van der Waals surface area contributed by atoms with Crippen LogP contribution in [0.15, 0.2) is 65.3 Å². The fourth-order valence-electron chi connectivity index (χ4n) is 2.71. The number of carbonyl (C=O) groups excluding carboxylic acids is 2. The summed E-state index contributed by atoms with van der Waals surface area (Å²) in [5.74, 6) is -2.74. The van der Waals surface area contributed by atoms with Gasteiger partial charge in [-0.15, -0.1) is 0 Å². The van der Waals surface area contributed by atoms with E-state index in [0.717, 1.165) is 5.69 Å². The number of aromatic nitrogens is 3. The topological polar surface area (TPSA) is 119 Å². The lowest BCUT2D eigenvalue weighted by atomic mass is 10.2. The normalized spacial score (nSPS) is 11.2. The summed E-state index contributed by atoms with van der Waals surface area (Å²) in [6.45, 7) is 0.499. The van der Waals surface area contributed by atoms with Gasteiger partial charge < -0.3 is 14.6 Å². The SMILES string of the molecule is O=C(NOC(=O)C(F)(F)F)c1ccc2oc(-c3ccc(NCc4ccccn4)nc3)nc2c1. The van der Waals surface area contributed by atoms with E-state index in [1.54, 1.807) is 24.5 Å². The van der Waals surface area contributed by atoms with Gasteiger partial charge in [-0.1, -0.05) is 6.07 Å². The molecule has 1 amide bonds. The molecule has 33 heavy (non-hydrogen) atoms. The predicted molar refractivity (Wildman–Crippen MR) is 108 cm³/mol. The average Bonchev–Trinajstić information content (AvgIpc) is 3.25. The molecule has 0 bridgehead atoms. The minimum absolute atomic E-state index is 0.0791. The molecule has 4 aromatic rings. The number of hydroxylamine groups is 1. The van der Waals surface area contributed by atoms with Crippen LogP contribution < -0.4 is 10.8 Å². The molecule has 4 rings (SSSR count). The van der Waals surface area contributed by atoms with E-state index in [9.17, 15) is 22.8 Å². The molecule has 0 aliphatic rings. The number of halogens is 3. The zero-order valence-electron chi connectivity index (χ0n) is 16.6. The zero-order chi connectivity index (χ0) is 23.4.